The summed E-state index contributed by atoms with van der Waals surface area (Å²) in [6.45, 7) is 7.03. The molecule has 4 aliphatic heterocycles. The topological polar surface area (TPSA) is 186 Å². The average Bonchev–Trinajstić information content (AvgIpc) is 3.97. The largest absolute Gasteiger partial charge is 0.470 e. The van der Waals surface area contributed by atoms with Gasteiger partial charge in [-0.15, -0.1) is 0 Å². The number of oxazole rings is 2. The number of phosphoric ester groups is 1. The fourth-order valence-electron chi connectivity index (χ4n) is 9.40. The second-order valence-corrected chi connectivity index (χ2v) is 18.8. The minimum Gasteiger partial charge on any atom is -0.469 e. The number of nitrogens with zero attached hydrogens (tertiary/aromatic N) is 2. The highest BCUT2D eigenvalue weighted by Gasteiger charge is 2.62. The maximum absolute atomic E-state index is 14.5. The molecule has 17 heteroatoms. The molecule has 304 valence electrons. The zero-order chi connectivity index (χ0) is 41.4. The van der Waals surface area contributed by atoms with Crippen LogP contribution in [0.1, 0.15) is 85.4 Å². The molecule has 6 heterocycles. The van der Waals surface area contributed by atoms with Gasteiger partial charge in [0.25, 0.3) is 5.89 Å². The number of amides is 1. The van der Waals surface area contributed by atoms with Gasteiger partial charge in [0.1, 0.15) is 23.3 Å². The van der Waals surface area contributed by atoms with Crippen LogP contribution < -0.4 is 15.4 Å². The van der Waals surface area contributed by atoms with E-state index in [0.29, 0.717) is 44.7 Å². The highest BCUT2D eigenvalue weighted by atomic mass is 35.5. The van der Waals surface area contributed by atoms with Gasteiger partial charge < -0.3 is 34.0 Å². The standard InChI is InChI=1S/C42H36Cl3N4O9P/c1-16(2)31-39-47-33-36(57-39)42-24-11-18(10-20(38(51)46-31)13-27(50)34(17(3)4)58-59(52,53)54)8-9-28(24)55-41(42)48-32-23(14-21(43)15-25(32)42)22-7-5-6-19-12-26(44)30(29(19)22)35-37(45)49-40(33)56-35/h5-9,11,14-17,20,31,34,41,48H,10,12-13H2,1-4H3,(H,46,51)(H2,52,53,54). The van der Waals surface area contributed by atoms with Crippen molar-refractivity contribution in [2.24, 2.45) is 17.8 Å². The number of allylic oxidation sites excluding steroid dienone is 1. The summed E-state index contributed by atoms with van der Waals surface area (Å²) >= 11 is 21.2. The van der Waals surface area contributed by atoms with E-state index in [4.69, 9.17) is 62.9 Å². The number of Topliss-reactive ketones (excluding diaryl/α,β-unsaturated/α-hetero) is 1. The Labute approximate surface area is 352 Å². The van der Waals surface area contributed by atoms with Crippen molar-refractivity contribution in [1.82, 2.24) is 15.3 Å². The van der Waals surface area contributed by atoms with Crippen LogP contribution >= 0.6 is 42.6 Å². The Kier molecular flexibility index (Phi) is 8.88. The lowest BCUT2D eigenvalue weighted by atomic mass is 9.71. The number of anilines is 1. The van der Waals surface area contributed by atoms with Gasteiger partial charge in [-0.3, -0.25) is 14.1 Å². The van der Waals surface area contributed by atoms with Crippen LogP contribution in [0.25, 0.3) is 28.3 Å². The molecule has 1 spiro atoms. The molecule has 5 aliphatic rings. The van der Waals surface area contributed by atoms with E-state index in [9.17, 15) is 23.9 Å². The van der Waals surface area contributed by atoms with Gasteiger partial charge in [0.15, 0.2) is 34.4 Å². The first-order valence-corrected chi connectivity index (χ1v) is 21.9. The van der Waals surface area contributed by atoms with Crippen LogP contribution in [0.2, 0.25) is 10.2 Å². The lowest BCUT2D eigenvalue weighted by Gasteiger charge is -2.29. The highest BCUT2D eigenvalue weighted by Crippen LogP contribution is 2.62. The molecule has 5 atom stereocenters. The van der Waals surface area contributed by atoms with Crippen LogP contribution in [-0.2, 0) is 36.9 Å². The van der Waals surface area contributed by atoms with Gasteiger partial charge in [-0.25, -0.2) is 9.55 Å². The molecule has 2 aromatic heterocycles. The number of benzene rings is 3. The number of fused-ring (bicyclic) bond motifs is 7. The number of carbonyl (C=O) groups excluding carboxylic acids is 2. The van der Waals surface area contributed by atoms with Crippen molar-refractivity contribution in [3.63, 3.8) is 0 Å². The van der Waals surface area contributed by atoms with Crippen LogP contribution in [0.3, 0.4) is 0 Å². The first kappa shape index (κ1) is 38.7. The maximum Gasteiger partial charge on any atom is 0.470 e. The van der Waals surface area contributed by atoms with Crippen molar-refractivity contribution in [3.8, 4) is 28.5 Å². The molecule has 0 saturated carbocycles. The van der Waals surface area contributed by atoms with E-state index < -0.39 is 55.1 Å². The molecule has 1 aliphatic carbocycles. The number of halogens is 3. The molecule has 1 amide bonds. The van der Waals surface area contributed by atoms with E-state index in [0.717, 1.165) is 33.5 Å². The summed E-state index contributed by atoms with van der Waals surface area (Å²) in [4.78, 5) is 57.4. The number of ether oxygens (including phenoxy) is 1. The predicted molar refractivity (Wildman–Crippen MR) is 218 cm³/mol. The average molecular weight is 878 g/mol. The summed E-state index contributed by atoms with van der Waals surface area (Å²) < 4.78 is 37.3. The van der Waals surface area contributed by atoms with Gasteiger partial charge in [-0.1, -0.05) is 92.8 Å². The van der Waals surface area contributed by atoms with E-state index in [2.05, 4.69) is 10.6 Å². The minimum atomic E-state index is -5.04. The first-order chi connectivity index (χ1) is 28.0. The van der Waals surface area contributed by atoms with Crippen LogP contribution in [0.15, 0.2) is 62.4 Å². The minimum absolute atomic E-state index is 0.0591. The quantitative estimate of drug-likeness (QED) is 0.114. The maximum atomic E-state index is 14.5. The molecular weight excluding hydrogens is 842 g/mol. The normalized spacial score (nSPS) is 22.6. The third-order valence-corrected chi connectivity index (χ3v) is 13.2. The second-order valence-electron chi connectivity index (χ2n) is 16.4. The van der Waals surface area contributed by atoms with Crippen molar-refractivity contribution >= 4 is 65.6 Å². The van der Waals surface area contributed by atoms with E-state index >= 15 is 0 Å². The molecule has 5 unspecified atom stereocenters. The zero-order valence-corrected chi connectivity index (χ0v) is 35.1. The first-order valence-electron chi connectivity index (χ1n) is 19.2. The van der Waals surface area contributed by atoms with Gasteiger partial charge in [0.05, 0.1) is 0 Å². The molecule has 3 aromatic carbocycles. The summed E-state index contributed by atoms with van der Waals surface area (Å²) in [5.74, 6) is -1.68. The summed E-state index contributed by atoms with van der Waals surface area (Å²) in [6.07, 6.45) is -2.09. The van der Waals surface area contributed by atoms with Gasteiger partial charge in [-0.2, -0.15) is 4.98 Å². The van der Waals surface area contributed by atoms with Gasteiger partial charge in [0, 0.05) is 56.8 Å². The van der Waals surface area contributed by atoms with Crippen LogP contribution in [0.4, 0.5) is 5.69 Å². The number of hydrogen-bond donors (Lipinski definition) is 4. The van der Waals surface area contributed by atoms with E-state index in [-0.39, 0.29) is 47.1 Å². The smallest absolute Gasteiger partial charge is 0.469 e. The predicted octanol–water partition coefficient (Wildman–Crippen LogP) is 8.73. The number of rotatable bonds is 7. The monoisotopic (exact) mass is 876 g/mol. The molecule has 0 radical (unpaired) electrons. The number of ketones is 1. The molecular formula is C42H36Cl3N4O9P. The molecule has 0 saturated heterocycles. The fraction of sp³-hybridized carbons (Fsp3) is 0.333. The Morgan fingerprint density at radius 1 is 1.02 bits per heavy atom. The van der Waals surface area contributed by atoms with E-state index in [1.165, 1.54) is 0 Å². The molecule has 0 fully saturated rings. The molecule has 10 rings (SSSR count). The Morgan fingerprint density at radius 2 is 1.81 bits per heavy atom. The van der Waals surface area contributed by atoms with Gasteiger partial charge in [0.2, 0.25) is 11.8 Å². The van der Waals surface area contributed by atoms with Gasteiger partial charge in [-0.05, 0) is 58.7 Å². The molecule has 13 nitrogen and oxygen atoms in total. The van der Waals surface area contributed by atoms with Crippen molar-refractivity contribution < 1.29 is 42.0 Å². The third kappa shape index (κ3) is 5.88. The van der Waals surface area contributed by atoms with Crippen LogP contribution in [0.5, 0.6) is 5.75 Å². The molecule has 5 aromatic rings. The Bertz CT molecular complexity index is 2760. The van der Waals surface area contributed by atoms with Crippen molar-refractivity contribution in [1.29, 1.82) is 0 Å². The molecule has 4 N–H and O–H groups in total. The number of nitrogens with one attached hydrogen (secondary N) is 2. The summed E-state index contributed by atoms with van der Waals surface area (Å²) in [7, 11) is -5.04. The van der Waals surface area contributed by atoms with E-state index in [1.54, 1.807) is 13.8 Å². The Hall–Kier alpha value is -4.46. The number of aromatic nitrogens is 2. The number of carbonyl (C=O) groups is 2. The zero-order valence-electron chi connectivity index (χ0n) is 31.9. The Balaban J connectivity index is 1.25. The third-order valence-electron chi connectivity index (χ3n) is 11.9. The Morgan fingerprint density at radius 3 is 2.56 bits per heavy atom. The SMILES string of the molecule is CC(C)C(OP(=O)(O)O)C(=O)CC1Cc2ccc3c(c2)C24c5cc(Cl)cc(c5NC2O3)-c2cccc3c2C(=C(Cl)C3)c2oc(nc2Cl)-c2nc(oc24)C(C(C)C)NC1=O. The summed E-state index contributed by atoms with van der Waals surface area (Å²) in [5.41, 5.74) is 5.83. The summed E-state index contributed by atoms with van der Waals surface area (Å²) in [6, 6.07) is 14.5. The number of phosphoric acid groups is 1. The van der Waals surface area contributed by atoms with Crippen LogP contribution in [0, 0.1) is 17.8 Å². The second kappa shape index (κ2) is 13.5. The molecule has 10 bridgehead atoms. The molecule has 59 heavy (non-hydrogen) atoms. The van der Waals surface area contributed by atoms with Gasteiger partial charge >= 0.3 is 7.82 Å². The highest BCUT2D eigenvalue weighted by molar-refractivity contribution is 7.46. The lowest BCUT2D eigenvalue weighted by Crippen LogP contribution is -2.41. The van der Waals surface area contributed by atoms with Crippen LogP contribution in [-0.4, -0.2) is 43.8 Å². The summed E-state index contributed by atoms with van der Waals surface area (Å²) in [5, 5.41) is 7.85. The fourth-order valence-corrected chi connectivity index (χ4v) is 10.8. The van der Waals surface area contributed by atoms with Crippen molar-refractivity contribution in [3.05, 3.63) is 109 Å². The lowest BCUT2D eigenvalue weighted by molar-refractivity contribution is -0.134. The van der Waals surface area contributed by atoms with Crippen molar-refractivity contribution in [2.75, 3.05) is 5.32 Å². The van der Waals surface area contributed by atoms with Crippen molar-refractivity contribution in [2.45, 2.75) is 70.7 Å². The van der Waals surface area contributed by atoms with E-state index in [1.807, 2.05) is 62.4 Å². The number of hydrogen-bond acceptors (Lipinski definition) is 10.